The second-order valence-electron chi connectivity index (χ2n) is 6.54. The van der Waals surface area contributed by atoms with E-state index < -0.39 is 0 Å². The van der Waals surface area contributed by atoms with Gasteiger partial charge in [-0.05, 0) is 23.5 Å². The highest BCUT2D eigenvalue weighted by atomic mass is 14.7. The number of pyridine rings is 1. The normalized spacial score (nSPS) is 12.9. The molecule has 0 aliphatic heterocycles. The van der Waals surface area contributed by atoms with Crippen LogP contribution < -0.4 is 0 Å². The van der Waals surface area contributed by atoms with Gasteiger partial charge in [0.05, 0.1) is 0 Å². The fraction of sp³-hybridized carbons (Fsp3) is 0.643. The summed E-state index contributed by atoms with van der Waals surface area (Å²) in [5.74, 6) is 0. The topological polar surface area (TPSA) is 12.9 Å². The molecule has 1 nitrogen and oxygen atoms in total. The lowest BCUT2D eigenvalue weighted by atomic mass is 9.87. The SMILES string of the molecule is CC(C)(C)Cc1ccc(C(C)(C)C)nc1. The maximum Gasteiger partial charge on any atom is 0.0457 e. The smallest absolute Gasteiger partial charge is 0.0457 e. The molecule has 0 radical (unpaired) electrons. The van der Waals surface area contributed by atoms with Crippen molar-refractivity contribution in [1.29, 1.82) is 0 Å². The van der Waals surface area contributed by atoms with E-state index in [0.29, 0.717) is 5.41 Å². The molecule has 0 bridgehead atoms. The van der Waals surface area contributed by atoms with E-state index in [1.165, 1.54) is 11.3 Å². The zero-order valence-electron chi connectivity index (χ0n) is 10.9. The average molecular weight is 205 g/mol. The molecule has 1 aromatic heterocycles. The van der Waals surface area contributed by atoms with E-state index >= 15 is 0 Å². The molecule has 0 aliphatic carbocycles. The Balaban J connectivity index is 2.82. The van der Waals surface area contributed by atoms with Crippen LogP contribution in [-0.2, 0) is 11.8 Å². The summed E-state index contributed by atoms with van der Waals surface area (Å²) in [7, 11) is 0. The lowest BCUT2D eigenvalue weighted by Crippen LogP contribution is -2.14. The molecule has 1 aromatic rings. The number of hydrogen-bond acceptors (Lipinski definition) is 1. The van der Waals surface area contributed by atoms with Gasteiger partial charge in [0.1, 0.15) is 0 Å². The molecule has 0 aliphatic rings. The van der Waals surface area contributed by atoms with Crippen LogP contribution in [0.5, 0.6) is 0 Å². The Labute approximate surface area is 93.9 Å². The second-order valence-corrected chi connectivity index (χ2v) is 6.54. The van der Waals surface area contributed by atoms with Crippen molar-refractivity contribution < 1.29 is 0 Å². The maximum atomic E-state index is 4.53. The highest BCUT2D eigenvalue weighted by Gasteiger charge is 2.16. The van der Waals surface area contributed by atoms with Crippen molar-refractivity contribution in [3.8, 4) is 0 Å². The molecule has 0 atom stereocenters. The first-order valence-corrected chi connectivity index (χ1v) is 5.64. The lowest BCUT2D eigenvalue weighted by Gasteiger charge is -2.20. The van der Waals surface area contributed by atoms with Crippen molar-refractivity contribution in [3.63, 3.8) is 0 Å². The number of aromatic nitrogens is 1. The van der Waals surface area contributed by atoms with E-state index in [1.807, 2.05) is 6.20 Å². The van der Waals surface area contributed by atoms with Crippen molar-refractivity contribution in [1.82, 2.24) is 4.98 Å². The van der Waals surface area contributed by atoms with Gasteiger partial charge < -0.3 is 0 Å². The molecule has 0 saturated carbocycles. The third kappa shape index (κ3) is 4.03. The summed E-state index contributed by atoms with van der Waals surface area (Å²) in [6.07, 6.45) is 3.11. The fourth-order valence-electron chi connectivity index (χ4n) is 1.59. The zero-order valence-corrected chi connectivity index (χ0v) is 10.9. The van der Waals surface area contributed by atoms with Gasteiger partial charge in [0.2, 0.25) is 0 Å². The summed E-state index contributed by atoms with van der Waals surface area (Å²) >= 11 is 0. The molecule has 0 spiro atoms. The highest BCUT2D eigenvalue weighted by molar-refractivity contribution is 5.19. The summed E-state index contributed by atoms with van der Waals surface area (Å²) < 4.78 is 0. The van der Waals surface area contributed by atoms with E-state index in [0.717, 1.165) is 6.42 Å². The third-order valence-electron chi connectivity index (χ3n) is 2.33. The Kier molecular flexibility index (Phi) is 3.22. The van der Waals surface area contributed by atoms with Gasteiger partial charge in [-0.15, -0.1) is 0 Å². The van der Waals surface area contributed by atoms with Gasteiger partial charge in [-0.25, -0.2) is 0 Å². The van der Waals surface area contributed by atoms with Gasteiger partial charge in [0.25, 0.3) is 0 Å². The minimum atomic E-state index is 0.153. The Morgan fingerprint density at radius 2 is 1.60 bits per heavy atom. The van der Waals surface area contributed by atoms with Gasteiger partial charge in [0.15, 0.2) is 0 Å². The van der Waals surface area contributed by atoms with Crippen molar-refractivity contribution in [3.05, 3.63) is 29.6 Å². The van der Waals surface area contributed by atoms with E-state index in [2.05, 4.69) is 58.7 Å². The minimum Gasteiger partial charge on any atom is -0.260 e. The van der Waals surface area contributed by atoms with E-state index in [1.54, 1.807) is 0 Å². The standard InChI is InChI=1S/C14H23N/c1-13(2,3)9-11-7-8-12(15-10-11)14(4,5)6/h7-8,10H,9H2,1-6H3. The molecular formula is C14H23N. The first-order valence-electron chi connectivity index (χ1n) is 5.64. The number of nitrogens with zero attached hydrogens (tertiary/aromatic N) is 1. The largest absolute Gasteiger partial charge is 0.260 e. The van der Waals surface area contributed by atoms with Crippen LogP contribution in [0.3, 0.4) is 0 Å². The van der Waals surface area contributed by atoms with Crippen molar-refractivity contribution in [2.45, 2.75) is 53.4 Å². The molecule has 0 aromatic carbocycles. The van der Waals surface area contributed by atoms with E-state index in [4.69, 9.17) is 0 Å². The molecule has 15 heavy (non-hydrogen) atoms. The van der Waals surface area contributed by atoms with Crippen LogP contribution in [0.25, 0.3) is 0 Å². The summed E-state index contributed by atoms with van der Waals surface area (Å²) in [4.78, 5) is 4.53. The Hall–Kier alpha value is -0.850. The van der Waals surface area contributed by atoms with Gasteiger partial charge in [-0.3, -0.25) is 4.98 Å². The van der Waals surface area contributed by atoms with Crippen LogP contribution in [0, 0.1) is 5.41 Å². The first kappa shape index (κ1) is 12.2. The van der Waals surface area contributed by atoms with E-state index in [-0.39, 0.29) is 5.41 Å². The fourth-order valence-corrected chi connectivity index (χ4v) is 1.59. The van der Waals surface area contributed by atoms with Crippen molar-refractivity contribution in [2.24, 2.45) is 5.41 Å². The van der Waals surface area contributed by atoms with Crippen LogP contribution in [-0.4, -0.2) is 4.98 Å². The Morgan fingerprint density at radius 3 is 1.93 bits per heavy atom. The summed E-state index contributed by atoms with van der Waals surface area (Å²) in [5, 5.41) is 0. The van der Waals surface area contributed by atoms with Crippen molar-refractivity contribution in [2.75, 3.05) is 0 Å². The van der Waals surface area contributed by atoms with Gasteiger partial charge in [0, 0.05) is 17.3 Å². The van der Waals surface area contributed by atoms with Crippen LogP contribution in [0.4, 0.5) is 0 Å². The minimum absolute atomic E-state index is 0.153. The van der Waals surface area contributed by atoms with Crippen molar-refractivity contribution >= 4 is 0 Å². The van der Waals surface area contributed by atoms with Gasteiger partial charge >= 0.3 is 0 Å². The molecule has 84 valence electrons. The quantitative estimate of drug-likeness (QED) is 0.676. The lowest BCUT2D eigenvalue weighted by molar-refractivity contribution is 0.410. The number of hydrogen-bond donors (Lipinski definition) is 0. The second kappa shape index (κ2) is 3.96. The van der Waals surface area contributed by atoms with E-state index in [9.17, 15) is 0 Å². The van der Waals surface area contributed by atoms with Crippen LogP contribution in [0.2, 0.25) is 0 Å². The van der Waals surface area contributed by atoms with Crippen LogP contribution >= 0.6 is 0 Å². The molecular weight excluding hydrogens is 182 g/mol. The van der Waals surface area contributed by atoms with Gasteiger partial charge in [-0.2, -0.15) is 0 Å². The zero-order chi connectivity index (χ0) is 11.7. The average Bonchev–Trinajstić information content (AvgIpc) is 2.00. The maximum absolute atomic E-state index is 4.53. The monoisotopic (exact) mass is 205 g/mol. The molecule has 0 fully saturated rings. The predicted octanol–water partition coefficient (Wildman–Crippen LogP) is 3.97. The first-order chi connectivity index (χ1) is 6.68. The van der Waals surface area contributed by atoms with Crippen LogP contribution in [0.15, 0.2) is 18.3 Å². The van der Waals surface area contributed by atoms with Crippen LogP contribution in [0.1, 0.15) is 52.8 Å². The molecule has 1 rings (SSSR count). The molecule has 0 N–H and O–H groups in total. The molecule has 1 heteroatoms. The predicted molar refractivity (Wildman–Crippen MR) is 66.1 cm³/mol. The molecule has 0 unspecified atom stereocenters. The summed E-state index contributed by atoms with van der Waals surface area (Å²) in [6, 6.07) is 4.36. The molecule has 0 saturated heterocycles. The highest BCUT2D eigenvalue weighted by Crippen LogP contribution is 2.23. The Bertz CT molecular complexity index is 309. The number of rotatable bonds is 1. The summed E-state index contributed by atoms with van der Waals surface area (Å²) in [5.41, 5.74) is 2.99. The third-order valence-corrected chi connectivity index (χ3v) is 2.33. The Morgan fingerprint density at radius 1 is 1.00 bits per heavy atom. The molecule has 1 heterocycles. The summed E-state index contributed by atoms with van der Waals surface area (Å²) in [6.45, 7) is 13.3. The molecule has 0 amide bonds. The van der Waals surface area contributed by atoms with Gasteiger partial charge in [-0.1, -0.05) is 47.6 Å².